The number of nitrogens with two attached hydrogens (primary N) is 1. The Morgan fingerprint density at radius 1 is 1.29 bits per heavy atom. The molecule has 3 N–H and O–H groups in total. The summed E-state index contributed by atoms with van der Waals surface area (Å²) in [5.74, 6) is 0.272. The smallest absolute Gasteiger partial charge is 0.182 e. The number of thiocarbonyl (C=S) groups is 1. The van der Waals surface area contributed by atoms with Gasteiger partial charge >= 0.3 is 0 Å². The molecule has 2 nitrogen and oxygen atoms in total. The fourth-order valence-electron chi connectivity index (χ4n) is 4.11. The Bertz CT molecular complexity index is 576. The largest absolute Gasteiger partial charge is 0.389 e. The van der Waals surface area contributed by atoms with E-state index in [1.807, 2.05) is 0 Å². The number of nitrogens with one attached hydrogen (secondary N) is 1. The van der Waals surface area contributed by atoms with Gasteiger partial charge in [0.2, 0.25) is 0 Å². The Hall–Kier alpha value is -1.23. The molecule has 21 heavy (non-hydrogen) atoms. The zero-order chi connectivity index (χ0) is 15.1. The fraction of sp³-hybridized carbons (Fsp3) is 0.562. The first-order valence-electron chi connectivity index (χ1n) is 7.51. The van der Waals surface area contributed by atoms with E-state index in [1.165, 1.54) is 37.8 Å². The van der Waals surface area contributed by atoms with Crippen molar-refractivity contribution in [2.75, 3.05) is 5.32 Å². The molecule has 0 amide bonds. The average molecular weight is 310 g/mol. The molecule has 2 saturated carbocycles. The lowest BCUT2D eigenvalue weighted by molar-refractivity contribution is 0.303. The van der Waals surface area contributed by atoms with Crippen molar-refractivity contribution in [3.63, 3.8) is 0 Å². The number of anilines is 1. The van der Waals surface area contributed by atoms with Gasteiger partial charge in [0.25, 0.3) is 0 Å². The predicted molar refractivity (Wildman–Crippen MR) is 84.3 cm³/mol. The van der Waals surface area contributed by atoms with Gasteiger partial charge in [-0.3, -0.25) is 0 Å². The summed E-state index contributed by atoms with van der Waals surface area (Å²) in [5.41, 5.74) is 5.54. The van der Waals surface area contributed by atoms with Crippen molar-refractivity contribution in [3.8, 4) is 0 Å². The molecule has 2 aliphatic rings. The lowest BCUT2D eigenvalue weighted by Gasteiger charge is -2.29. The monoisotopic (exact) mass is 310 g/mol. The first-order valence-corrected chi connectivity index (χ1v) is 7.92. The highest BCUT2D eigenvalue weighted by molar-refractivity contribution is 7.80. The first kappa shape index (κ1) is 14.7. The third-order valence-electron chi connectivity index (χ3n) is 5.17. The number of hydrogen-bond donors (Lipinski definition) is 2. The van der Waals surface area contributed by atoms with E-state index in [0.29, 0.717) is 5.92 Å². The summed E-state index contributed by atoms with van der Waals surface area (Å²) in [6, 6.07) is 3.11. The quantitative estimate of drug-likeness (QED) is 0.830. The zero-order valence-corrected chi connectivity index (χ0v) is 12.9. The summed E-state index contributed by atoms with van der Waals surface area (Å²) in [4.78, 5) is -0.126. The van der Waals surface area contributed by atoms with Crippen LogP contribution in [0.2, 0.25) is 0 Å². The van der Waals surface area contributed by atoms with Gasteiger partial charge in [-0.05, 0) is 56.1 Å². The van der Waals surface area contributed by atoms with Crippen LogP contribution < -0.4 is 11.1 Å². The SMILES string of the molecule is CC(Nc1ccc(C(N)=S)c(F)c1F)C1CC2CCC1C2. The van der Waals surface area contributed by atoms with Gasteiger partial charge in [-0.1, -0.05) is 18.6 Å². The standard InChI is InChI=1S/C16H20F2N2S/c1-8(12-7-9-2-3-10(12)6-9)20-13-5-4-11(16(19)21)14(17)15(13)18/h4-5,8-10,12,20H,2-3,6-7H2,1H3,(H2,19,21). The molecule has 114 valence electrons. The minimum atomic E-state index is -0.965. The molecule has 2 fully saturated rings. The van der Waals surface area contributed by atoms with Crippen molar-refractivity contribution in [1.82, 2.24) is 0 Å². The summed E-state index contributed by atoms with van der Waals surface area (Å²) in [7, 11) is 0. The molecule has 0 radical (unpaired) electrons. The first-order chi connectivity index (χ1) is 9.97. The van der Waals surface area contributed by atoms with Crippen LogP contribution in [0.25, 0.3) is 0 Å². The van der Waals surface area contributed by atoms with Gasteiger partial charge in [0, 0.05) is 11.6 Å². The second-order valence-electron chi connectivity index (χ2n) is 6.42. The highest BCUT2D eigenvalue weighted by Crippen LogP contribution is 2.49. The van der Waals surface area contributed by atoms with Crippen LogP contribution in [0, 0.1) is 29.4 Å². The molecule has 0 saturated heterocycles. The molecule has 3 rings (SSSR count). The lowest BCUT2D eigenvalue weighted by Crippen LogP contribution is -2.30. The van der Waals surface area contributed by atoms with Crippen molar-refractivity contribution in [2.24, 2.45) is 23.5 Å². The molecular formula is C16H20F2N2S. The van der Waals surface area contributed by atoms with E-state index >= 15 is 0 Å². The molecular weight excluding hydrogens is 290 g/mol. The molecule has 0 spiro atoms. The van der Waals surface area contributed by atoms with Crippen LogP contribution >= 0.6 is 12.2 Å². The van der Waals surface area contributed by atoms with E-state index in [4.69, 9.17) is 18.0 Å². The maximum absolute atomic E-state index is 14.1. The molecule has 0 heterocycles. The van der Waals surface area contributed by atoms with Crippen molar-refractivity contribution >= 4 is 22.9 Å². The molecule has 2 aliphatic carbocycles. The third kappa shape index (κ3) is 2.63. The fourth-order valence-corrected chi connectivity index (χ4v) is 4.27. The molecule has 0 aromatic heterocycles. The van der Waals surface area contributed by atoms with E-state index in [2.05, 4.69) is 12.2 Å². The normalized spacial score (nSPS) is 28.6. The minimum Gasteiger partial charge on any atom is -0.389 e. The van der Waals surface area contributed by atoms with E-state index in [1.54, 1.807) is 0 Å². The van der Waals surface area contributed by atoms with Gasteiger partial charge in [-0.15, -0.1) is 0 Å². The highest BCUT2D eigenvalue weighted by Gasteiger charge is 2.41. The number of benzene rings is 1. The predicted octanol–water partition coefficient (Wildman–Crippen LogP) is 3.84. The lowest BCUT2D eigenvalue weighted by atomic mass is 9.84. The molecule has 5 heteroatoms. The maximum Gasteiger partial charge on any atom is 0.182 e. The number of rotatable bonds is 4. The van der Waals surface area contributed by atoms with E-state index < -0.39 is 11.6 Å². The van der Waals surface area contributed by atoms with Gasteiger partial charge in [0.1, 0.15) is 4.99 Å². The van der Waals surface area contributed by atoms with Gasteiger partial charge in [-0.25, -0.2) is 8.78 Å². The van der Waals surface area contributed by atoms with Gasteiger partial charge in [-0.2, -0.15) is 0 Å². The topological polar surface area (TPSA) is 38.0 Å². The average Bonchev–Trinajstić information content (AvgIpc) is 3.06. The number of halogens is 2. The van der Waals surface area contributed by atoms with Crippen LogP contribution in [-0.2, 0) is 0 Å². The van der Waals surface area contributed by atoms with Crippen LogP contribution in [0.1, 0.15) is 38.2 Å². The summed E-state index contributed by atoms with van der Waals surface area (Å²) >= 11 is 4.71. The summed E-state index contributed by atoms with van der Waals surface area (Å²) in [6.45, 7) is 2.06. The van der Waals surface area contributed by atoms with Crippen LogP contribution in [0.5, 0.6) is 0 Å². The minimum absolute atomic E-state index is 0.0411. The molecule has 2 bridgehead atoms. The van der Waals surface area contributed by atoms with Gasteiger partial charge in [0.05, 0.1) is 5.69 Å². The van der Waals surface area contributed by atoms with Crippen molar-refractivity contribution in [2.45, 2.75) is 38.6 Å². The Balaban J connectivity index is 1.76. The summed E-state index contributed by atoms with van der Waals surface area (Å²) < 4.78 is 28.0. The van der Waals surface area contributed by atoms with E-state index in [0.717, 1.165) is 11.8 Å². The Morgan fingerprint density at radius 3 is 2.62 bits per heavy atom. The molecule has 4 atom stereocenters. The molecule has 1 aromatic carbocycles. The van der Waals surface area contributed by atoms with Crippen molar-refractivity contribution < 1.29 is 8.78 Å². The zero-order valence-electron chi connectivity index (χ0n) is 12.0. The summed E-state index contributed by atoms with van der Waals surface area (Å²) in [6.07, 6.45) is 5.11. The Kier molecular flexibility index (Phi) is 3.86. The van der Waals surface area contributed by atoms with E-state index in [-0.39, 0.29) is 22.3 Å². The summed E-state index contributed by atoms with van der Waals surface area (Å²) in [5, 5.41) is 3.14. The Labute approximate surface area is 129 Å². The van der Waals surface area contributed by atoms with Crippen molar-refractivity contribution in [3.05, 3.63) is 29.3 Å². The third-order valence-corrected chi connectivity index (χ3v) is 5.39. The molecule has 0 aliphatic heterocycles. The highest BCUT2D eigenvalue weighted by atomic mass is 32.1. The number of hydrogen-bond acceptors (Lipinski definition) is 2. The second kappa shape index (κ2) is 5.52. The maximum atomic E-state index is 14.1. The molecule has 1 aromatic rings. The van der Waals surface area contributed by atoms with Gasteiger partial charge < -0.3 is 11.1 Å². The van der Waals surface area contributed by atoms with Gasteiger partial charge in [0.15, 0.2) is 11.6 Å². The van der Waals surface area contributed by atoms with Crippen LogP contribution in [0.15, 0.2) is 12.1 Å². The van der Waals surface area contributed by atoms with Crippen LogP contribution in [0.3, 0.4) is 0 Å². The molecule has 4 unspecified atom stereocenters. The Morgan fingerprint density at radius 2 is 2.05 bits per heavy atom. The van der Waals surface area contributed by atoms with E-state index in [9.17, 15) is 8.78 Å². The van der Waals surface area contributed by atoms with Crippen LogP contribution in [-0.4, -0.2) is 11.0 Å². The van der Waals surface area contributed by atoms with Crippen LogP contribution in [0.4, 0.5) is 14.5 Å². The number of fused-ring (bicyclic) bond motifs is 2. The van der Waals surface area contributed by atoms with Crippen molar-refractivity contribution in [1.29, 1.82) is 0 Å². The second-order valence-corrected chi connectivity index (χ2v) is 6.86.